The van der Waals surface area contributed by atoms with Gasteiger partial charge >= 0.3 is 0 Å². The van der Waals surface area contributed by atoms with E-state index in [2.05, 4.69) is 40.0 Å². The van der Waals surface area contributed by atoms with Gasteiger partial charge < -0.3 is 10.6 Å². The van der Waals surface area contributed by atoms with Crippen molar-refractivity contribution in [2.75, 3.05) is 10.6 Å². The molecule has 134 valence electrons. The van der Waals surface area contributed by atoms with Crippen molar-refractivity contribution in [2.24, 2.45) is 0 Å². The maximum absolute atomic E-state index is 12.5. The van der Waals surface area contributed by atoms with Crippen LogP contribution < -0.4 is 10.6 Å². The fraction of sp³-hybridized carbons (Fsp3) is 0.238. The van der Waals surface area contributed by atoms with Gasteiger partial charge in [-0.3, -0.25) is 4.79 Å². The number of aromatic nitrogens is 2. The van der Waals surface area contributed by atoms with Gasteiger partial charge in [0.1, 0.15) is 11.9 Å². The fourth-order valence-corrected chi connectivity index (χ4v) is 2.76. The van der Waals surface area contributed by atoms with Crippen molar-refractivity contribution in [3.05, 3.63) is 66.9 Å². The quantitative estimate of drug-likeness (QED) is 0.686. The Hall–Kier alpha value is -3.08. The highest BCUT2D eigenvalue weighted by Gasteiger charge is 2.15. The summed E-state index contributed by atoms with van der Waals surface area (Å²) >= 11 is 0. The number of rotatable bonds is 6. The zero-order chi connectivity index (χ0) is 18.5. The maximum Gasteiger partial charge on any atom is 0.247 e. The summed E-state index contributed by atoms with van der Waals surface area (Å²) < 4.78 is 1.79. The summed E-state index contributed by atoms with van der Waals surface area (Å²) in [5.74, 6) is 0.609. The highest BCUT2D eigenvalue weighted by atomic mass is 16.2. The summed E-state index contributed by atoms with van der Waals surface area (Å²) in [4.78, 5) is 12.5. The topological polar surface area (TPSA) is 59.0 Å². The van der Waals surface area contributed by atoms with E-state index in [1.165, 1.54) is 5.56 Å². The van der Waals surface area contributed by atoms with Gasteiger partial charge in [0.15, 0.2) is 0 Å². The highest BCUT2D eigenvalue weighted by molar-refractivity contribution is 5.95. The standard InChI is InChI=1S/C21H24N4O/c1-15(2)25-20(13-14-22-25)24-21(26)16(3)23-19-11-9-18(10-12-19)17-7-5-4-6-8-17/h4-16,23H,1-3H3,(H,24,26). The van der Waals surface area contributed by atoms with Gasteiger partial charge in [-0.2, -0.15) is 5.10 Å². The average Bonchev–Trinajstić information content (AvgIpc) is 3.11. The lowest BCUT2D eigenvalue weighted by atomic mass is 10.1. The van der Waals surface area contributed by atoms with Crippen molar-refractivity contribution >= 4 is 17.4 Å². The van der Waals surface area contributed by atoms with Gasteiger partial charge in [-0.1, -0.05) is 42.5 Å². The number of nitrogens with one attached hydrogen (secondary N) is 2. The van der Waals surface area contributed by atoms with E-state index in [1.54, 1.807) is 16.9 Å². The highest BCUT2D eigenvalue weighted by Crippen LogP contribution is 2.21. The Labute approximate surface area is 154 Å². The molecule has 0 aliphatic carbocycles. The molecule has 0 spiro atoms. The minimum atomic E-state index is -0.368. The number of hydrogen-bond acceptors (Lipinski definition) is 3. The number of carbonyl (C=O) groups is 1. The third-order valence-electron chi connectivity index (χ3n) is 4.18. The molecule has 0 aliphatic heterocycles. The number of nitrogens with zero attached hydrogens (tertiary/aromatic N) is 2. The Morgan fingerprint density at radius 1 is 0.923 bits per heavy atom. The SMILES string of the molecule is CC(Nc1ccc(-c2ccccc2)cc1)C(=O)Nc1ccnn1C(C)C. The molecule has 5 nitrogen and oxygen atoms in total. The molecule has 1 heterocycles. The van der Waals surface area contributed by atoms with E-state index in [9.17, 15) is 4.79 Å². The first-order chi connectivity index (χ1) is 12.5. The molecular formula is C21H24N4O. The van der Waals surface area contributed by atoms with E-state index in [4.69, 9.17) is 0 Å². The van der Waals surface area contributed by atoms with Crippen LogP contribution in [0.3, 0.4) is 0 Å². The van der Waals surface area contributed by atoms with Gasteiger partial charge in [-0.05, 0) is 44.0 Å². The van der Waals surface area contributed by atoms with Crippen LogP contribution in [-0.4, -0.2) is 21.7 Å². The zero-order valence-electron chi connectivity index (χ0n) is 15.3. The van der Waals surface area contributed by atoms with Crippen LogP contribution in [0.25, 0.3) is 11.1 Å². The van der Waals surface area contributed by atoms with Crippen molar-refractivity contribution in [1.82, 2.24) is 9.78 Å². The molecule has 0 radical (unpaired) electrons. The Bertz CT molecular complexity index is 853. The molecular weight excluding hydrogens is 324 g/mol. The molecule has 2 aromatic carbocycles. The second-order valence-electron chi connectivity index (χ2n) is 6.55. The summed E-state index contributed by atoms with van der Waals surface area (Å²) in [5, 5.41) is 10.4. The molecule has 0 saturated heterocycles. The van der Waals surface area contributed by atoms with Crippen LogP contribution in [0.15, 0.2) is 66.9 Å². The molecule has 5 heteroatoms. The van der Waals surface area contributed by atoms with E-state index in [-0.39, 0.29) is 18.0 Å². The predicted octanol–water partition coefficient (Wildman–Crippen LogP) is 4.57. The van der Waals surface area contributed by atoms with Gasteiger partial charge in [0.2, 0.25) is 5.91 Å². The molecule has 1 aromatic heterocycles. The van der Waals surface area contributed by atoms with Crippen LogP contribution in [0.1, 0.15) is 26.8 Å². The van der Waals surface area contributed by atoms with E-state index in [1.807, 2.05) is 51.1 Å². The molecule has 1 atom stereocenters. The number of carbonyl (C=O) groups excluding carboxylic acids is 1. The first-order valence-corrected chi connectivity index (χ1v) is 8.81. The van der Waals surface area contributed by atoms with Crippen molar-refractivity contribution in [3.8, 4) is 11.1 Å². The van der Waals surface area contributed by atoms with E-state index < -0.39 is 0 Å². The van der Waals surface area contributed by atoms with Crippen molar-refractivity contribution in [2.45, 2.75) is 32.9 Å². The van der Waals surface area contributed by atoms with Gasteiger partial charge in [0.05, 0.1) is 6.20 Å². The molecule has 26 heavy (non-hydrogen) atoms. The third-order valence-corrected chi connectivity index (χ3v) is 4.18. The summed E-state index contributed by atoms with van der Waals surface area (Å²) in [7, 11) is 0. The van der Waals surface area contributed by atoms with Crippen molar-refractivity contribution in [1.29, 1.82) is 0 Å². The molecule has 3 rings (SSSR count). The van der Waals surface area contributed by atoms with Gasteiger partial charge in [0, 0.05) is 17.8 Å². The van der Waals surface area contributed by atoms with Gasteiger partial charge in [0.25, 0.3) is 0 Å². The van der Waals surface area contributed by atoms with Crippen LogP contribution in [-0.2, 0) is 4.79 Å². The van der Waals surface area contributed by atoms with E-state index >= 15 is 0 Å². The summed E-state index contributed by atoms with van der Waals surface area (Å²) in [5.41, 5.74) is 3.23. The van der Waals surface area contributed by atoms with Crippen LogP contribution in [0.2, 0.25) is 0 Å². The smallest absolute Gasteiger partial charge is 0.247 e. The Balaban J connectivity index is 1.63. The summed E-state index contributed by atoms with van der Waals surface area (Å²) in [6, 6.07) is 19.9. The lowest BCUT2D eigenvalue weighted by Crippen LogP contribution is -2.32. The van der Waals surface area contributed by atoms with E-state index in [0.717, 1.165) is 11.3 Å². The maximum atomic E-state index is 12.5. The van der Waals surface area contributed by atoms with Crippen LogP contribution in [0, 0.1) is 0 Å². The Kier molecular flexibility index (Phi) is 5.37. The number of anilines is 2. The Morgan fingerprint density at radius 3 is 2.23 bits per heavy atom. The fourth-order valence-electron chi connectivity index (χ4n) is 2.76. The zero-order valence-corrected chi connectivity index (χ0v) is 15.3. The third kappa shape index (κ3) is 4.11. The number of benzene rings is 2. The van der Waals surface area contributed by atoms with Gasteiger partial charge in [-0.25, -0.2) is 4.68 Å². The predicted molar refractivity (Wildman–Crippen MR) is 106 cm³/mol. The lowest BCUT2D eigenvalue weighted by molar-refractivity contribution is -0.116. The normalized spacial score (nSPS) is 12.0. The lowest BCUT2D eigenvalue weighted by Gasteiger charge is -2.17. The molecule has 0 saturated carbocycles. The second kappa shape index (κ2) is 7.87. The molecule has 0 aliphatic rings. The minimum Gasteiger partial charge on any atom is -0.374 e. The van der Waals surface area contributed by atoms with Crippen LogP contribution >= 0.6 is 0 Å². The van der Waals surface area contributed by atoms with Gasteiger partial charge in [-0.15, -0.1) is 0 Å². The summed E-state index contributed by atoms with van der Waals surface area (Å²) in [6.07, 6.45) is 1.69. The van der Waals surface area contributed by atoms with Crippen LogP contribution in [0.4, 0.5) is 11.5 Å². The molecule has 3 aromatic rings. The minimum absolute atomic E-state index is 0.0977. The molecule has 2 N–H and O–H groups in total. The molecule has 0 bridgehead atoms. The van der Waals surface area contributed by atoms with Crippen molar-refractivity contribution in [3.63, 3.8) is 0 Å². The molecule has 0 fully saturated rings. The molecule has 1 unspecified atom stereocenters. The Morgan fingerprint density at radius 2 is 1.58 bits per heavy atom. The van der Waals surface area contributed by atoms with E-state index in [0.29, 0.717) is 5.82 Å². The number of hydrogen-bond donors (Lipinski definition) is 2. The monoisotopic (exact) mass is 348 g/mol. The summed E-state index contributed by atoms with van der Waals surface area (Å²) in [6.45, 7) is 5.90. The first kappa shape index (κ1) is 17.7. The van der Waals surface area contributed by atoms with Crippen molar-refractivity contribution < 1.29 is 4.79 Å². The number of amides is 1. The second-order valence-corrected chi connectivity index (χ2v) is 6.55. The molecule has 1 amide bonds. The largest absolute Gasteiger partial charge is 0.374 e. The van der Waals surface area contributed by atoms with Crippen LogP contribution in [0.5, 0.6) is 0 Å². The average molecular weight is 348 g/mol. The first-order valence-electron chi connectivity index (χ1n) is 8.81.